The molecule has 2 atom stereocenters. The van der Waals surface area contributed by atoms with E-state index in [4.69, 9.17) is 0 Å². The first-order valence-electron chi connectivity index (χ1n) is 13.6. The molecule has 186 valence electrons. The summed E-state index contributed by atoms with van der Waals surface area (Å²) in [6.07, 6.45) is 9.53. The van der Waals surface area contributed by atoms with Crippen LogP contribution in [0.4, 0.5) is 8.78 Å². The molecule has 8 rings (SSSR count). The van der Waals surface area contributed by atoms with Crippen molar-refractivity contribution in [1.29, 1.82) is 0 Å². The third kappa shape index (κ3) is 3.45. The van der Waals surface area contributed by atoms with Crippen LogP contribution in [-0.2, 0) is 12.8 Å². The molecule has 0 radical (unpaired) electrons. The third-order valence-corrected chi connectivity index (χ3v) is 9.69. The van der Waals surface area contributed by atoms with Gasteiger partial charge >= 0.3 is 0 Å². The lowest BCUT2D eigenvalue weighted by molar-refractivity contribution is 0.540. The molecule has 4 nitrogen and oxygen atoms in total. The summed E-state index contributed by atoms with van der Waals surface area (Å²) in [4.78, 5) is 7.18. The molecule has 0 unspecified atom stereocenters. The standard InChI is InChI=1S/C30H32F2N4/c31-17-1-3-21-23(11-19-13-29(5-6-29)15-33-19)27(35-25(21)9-17)28-24(12-20-14-30(7-8-30)16-34-20)22-4-2-18(32)10-26(22)36-28/h1-4,9-10,19-20,33-36H,5-8,11-16H2/t19-,20-/m1/s1. The van der Waals surface area contributed by atoms with Crippen molar-refractivity contribution in [1.82, 2.24) is 20.6 Å². The third-order valence-electron chi connectivity index (χ3n) is 9.69. The lowest BCUT2D eigenvalue weighted by Gasteiger charge is -2.15. The average molecular weight is 487 g/mol. The van der Waals surface area contributed by atoms with Crippen molar-refractivity contribution in [2.24, 2.45) is 10.8 Å². The van der Waals surface area contributed by atoms with Crippen LogP contribution >= 0.6 is 0 Å². The summed E-state index contributed by atoms with van der Waals surface area (Å²) < 4.78 is 28.5. The van der Waals surface area contributed by atoms with Crippen LogP contribution in [0.5, 0.6) is 0 Å². The zero-order chi connectivity index (χ0) is 24.1. The van der Waals surface area contributed by atoms with Crippen LogP contribution in [0.1, 0.15) is 49.7 Å². The fraction of sp³-hybridized carbons (Fsp3) is 0.467. The van der Waals surface area contributed by atoms with Crippen LogP contribution < -0.4 is 10.6 Å². The Balaban J connectivity index is 1.26. The molecule has 2 saturated carbocycles. The second-order valence-corrected chi connectivity index (χ2v) is 12.3. The predicted molar refractivity (Wildman–Crippen MR) is 139 cm³/mol. The summed E-state index contributed by atoms with van der Waals surface area (Å²) in [5.41, 5.74) is 7.19. The second kappa shape index (κ2) is 7.42. The maximum Gasteiger partial charge on any atom is 0.125 e. The minimum Gasteiger partial charge on any atom is -0.353 e. The first-order chi connectivity index (χ1) is 17.5. The second-order valence-electron chi connectivity index (χ2n) is 12.3. The summed E-state index contributed by atoms with van der Waals surface area (Å²) in [6, 6.07) is 11.0. The highest BCUT2D eigenvalue weighted by molar-refractivity contribution is 5.96. The van der Waals surface area contributed by atoms with Gasteiger partial charge in [-0.25, -0.2) is 8.78 Å². The van der Waals surface area contributed by atoms with Gasteiger partial charge in [0.2, 0.25) is 0 Å². The Morgan fingerprint density at radius 1 is 0.667 bits per heavy atom. The molecular weight excluding hydrogens is 454 g/mol. The largest absolute Gasteiger partial charge is 0.353 e. The zero-order valence-electron chi connectivity index (χ0n) is 20.4. The van der Waals surface area contributed by atoms with Gasteiger partial charge in [-0.15, -0.1) is 0 Å². The lowest BCUT2D eigenvalue weighted by Crippen LogP contribution is -2.24. The molecular formula is C30H32F2N4. The Labute approximate surface area is 209 Å². The molecule has 2 aromatic carbocycles. The van der Waals surface area contributed by atoms with Crippen LogP contribution in [-0.4, -0.2) is 35.1 Å². The van der Waals surface area contributed by atoms with Gasteiger partial charge in [0.05, 0.1) is 11.4 Å². The van der Waals surface area contributed by atoms with E-state index < -0.39 is 0 Å². The van der Waals surface area contributed by atoms with Crippen molar-refractivity contribution in [3.05, 3.63) is 59.2 Å². The van der Waals surface area contributed by atoms with E-state index in [-0.39, 0.29) is 11.6 Å². The molecule has 0 amide bonds. The van der Waals surface area contributed by atoms with Crippen molar-refractivity contribution in [2.75, 3.05) is 13.1 Å². The number of benzene rings is 2. The van der Waals surface area contributed by atoms with Gasteiger partial charge in [-0.2, -0.15) is 0 Å². The summed E-state index contributed by atoms with van der Waals surface area (Å²) in [6.45, 7) is 2.21. The Kier molecular flexibility index (Phi) is 4.41. The molecule has 4 heterocycles. The molecule has 4 N–H and O–H groups in total. The SMILES string of the molecule is Fc1ccc2c(C[C@@H]3CC4(CC4)CN3)c(-c3[nH]c4cc(F)ccc4c3C[C@@H]3CC4(CC4)CN3)[nH]c2c1. The summed E-state index contributed by atoms with van der Waals surface area (Å²) in [5.74, 6) is -0.469. The Morgan fingerprint density at radius 2 is 1.11 bits per heavy atom. The smallest absolute Gasteiger partial charge is 0.125 e. The Bertz CT molecular complexity index is 1390. The number of rotatable bonds is 5. The molecule has 2 aliphatic heterocycles. The molecule has 6 heteroatoms. The van der Waals surface area contributed by atoms with Crippen molar-refractivity contribution in [3.63, 3.8) is 0 Å². The van der Waals surface area contributed by atoms with Crippen LogP contribution in [0.15, 0.2) is 36.4 Å². The van der Waals surface area contributed by atoms with E-state index in [0.29, 0.717) is 22.9 Å². The van der Waals surface area contributed by atoms with Crippen molar-refractivity contribution >= 4 is 21.8 Å². The van der Waals surface area contributed by atoms with Crippen LogP contribution in [0.2, 0.25) is 0 Å². The molecule has 4 aromatic rings. The van der Waals surface area contributed by atoms with Gasteiger partial charge in [0.25, 0.3) is 0 Å². The van der Waals surface area contributed by atoms with E-state index in [9.17, 15) is 8.78 Å². The summed E-state index contributed by atoms with van der Waals surface area (Å²) in [7, 11) is 0. The van der Waals surface area contributed by atoms with Gasteiger partial charge in [0.15, 0.2) is 0 Å². The van der Waals surface area contributed by atoms with E-state index >= 15 is 0 Å². The van der Waals surface area contributed by atoms with E-state index in [2.05, 4.69) is 20.6 Å². The normalized spacial score (nSPS) is 25.6. The number of aromatic amines is 2. The number of nitrogens with one attached hydrogen (secondary N) is 4. The number of hydrogen-bond acceptors (Lipinski definition) is 2. The van der Waals surface area contributed by atoms with E-state index in [1.54, 1.807) is 24.3 Å². The molecule has 4 aliphatic rings. The minimum absolute atomic E-state index is 0.235. The highest BCUT2D eigenvalue weighted by Crippen LogP contribution is 2.53. The van der Waals surface area contributed by atoms with Gasteiger partial charge < -0.3 is 20.6 Å². The molecule has 4 fully saturated rings. The fourth-order valence-corrected chi connectivity index (χ4v) is 7.26. The van der Waals surface area contributed by atoms with Gasteiger partial charge in [-0.05, 0) is 110 Å². The van der Waals surface area contributed by atoms with Crippen molar-refractivity contribution in [2.45, 2.75) is 63.5 Å². The number of fused-ring (bicyclic) bond motifs is 2. The van der Waals surface area contributed by atoms with E-state index in [1.807, 2.05) is 12.1 Å². The monoisotopic (exact) mass is 486 g/mol. The Morgan fingerprint density at radius 3 is 1.50 bits per heavy atom. The topological polar surface area (TPSA) is 55.6 Å². The average Bonchev–Trinajstić information content (AvgIpc) is 3.57. The first-order valence-corrected chi connectivity index (χ1v) is 13.6. The molecule has 0 bridgehead atoms. The Hall–Kier alpha value is -2.70. The van der Waals surface area contributed by atoms with Gasteiger partial charge in [0.1, 0.15) is 11.6 Å². The minimum atomic E-state index is -0.235. The quantitative estimate of drug-likeness (QED) is 0.281. The fourth-order valence-electron chi connectivity index (χ4n) is 7.26. The van der Waals surface area contributed by atoms with Gasteiger partial charge in [-0.1, -0.05) is 0 Å². The molecule has 36 heavy (non-hydrogen) atoms. The van der Waals surface area contributed by atoms with E-state index in [1.165, 1.54) is 49.7 Å². The molecule has 2 spiro atoms. The zero-order valence-corrected chi connectivity index (χ0v) is 20.4. The first kappa shape index (κ1) is 21.4. The maximum atomic E-state index is 14.2. The molecule has 2 saturated heterocycles. The van der Waals surface area contributed by atoms with Gasteiger partial charge in [0, 0.05) is 47.0 Å². The number of hydrogen-bond donors (Lipinski definition) is 4. The van der Waals surface area contributed by atoms with Gasteiger partial charge in [-0.3, -0.25) is 0 Å². The molecule has 2 aliphatic carbocycles. The predicted octanol–water partition coefficient (Wildman–Crippen LogP) is 5.96. The highest BCUT2D eigenvalue weighted by atomic mass is 19.1. The number of H-pyrrole nitrogens is 2. The summed E-state index contributed by atoms with van der Waals surface area (Å²) in [5, 5.41) is 9.70. The van der Waals surface area contributed by atoms with Crippen molar-refractivity contribution < 1.29 is 8.78 Å². The lowest BCUT2D eigenvalue weighted by atomic mass is 9.93. The number of halogens is 2. The van der Waals surface area contributed by atoms with E-state index in [0.717, 1.165) is 59.1 Å². The van der Waals surface area contributed by atoms with Crippen molar-refractivity contribution in [3.8, 4) is 11.4 Å². The molecule has 2 aromatic heterocycles. The van der Waals surface area contributed by atoms with Crippen LogP contribution in [0.25, 0.3) is 33.2 Å². The maximum absolute atomic E-state index is 14.2. The number of aromatic nitrogens is 2. The van der Waals surface area contributed by atoms with Crippen LogP contribution in [0, 0.1) is 22.5 Å². The highest BCUT2D eigenvalue weighted by Gasteiger charge is 2.49. The van der Waals surface area contributed by atoms with Crippen LogP contribution in [0.3, 0.4) is 0 Å². The summed E-state index contributed by atoms with van der Waals surface area (Å²) >= 11 is 0.